The lowest BCUT2D eigenvalue weighted by Gasteiger charge is -2.24. The molecule has 0 bridgehead atoms. The van der Waals surface area contributed by atoms with Crippen LogP contribution in [0.3, 0.4) is 0 Å². The lowest BCUT2D eigenvalue weighted by Crippen LogP contribution is -2.28. The highest BCUT2D eigenvalue weighted by molar-refractivity contribution is 6.32. The molecule has 1 aliphatic heterocycles. The number of hydrogen-bond acceptors (Lipinski definition) is 5. The molecule has 2 aromatic rings. The quantitative estimate of drug-likeness (QED) is 0.422. The molecule has 0 fully saturated rings. The molecule has 0 N–H and O–H groups in total. The zero-order valence-electron chi connectivity index (χ0n) is 16.6. The molecule has 1 heterocycles. The summed E-state index contributed by atoms with van der Waals surface area (Å²) < 4.78 is 54.6. The first-order chi connectivity index (χ1) is 14.6. The van der Waals surface area contributed by atoms with Crippen LogP contribution in [0.2, 0.25) is 5.02 Å². The minimum atomic E-state index is -4.51. The zero-order chi connectivity index (χ0) is 22.8. The van der Waals surface area contributed by atoms with Gasteiger partial charge in [0, 0.05) is 12.0 Å². The minimum Gasteiger partial charge on any atom is -0.489 e. The van der Waals surface area contributed by atoms with E-state index in [1.165, 1.54) is 12.1 Å². The van der Waals surface area contributed by atoms with E-state index in [9.17, 15) is 22.8 Å². The lowest BCUT2D eigenvalue weighted by molar-refractivity contribution is -0.141. The molecular weight excluding hydrogens is 437 g/mol. The van der Waals surface area contributed by atoms with Crippen molar-refractivity contribution in [3.05, 3.63) is 64.2 Å². The van der Waals surface area contributed by atoms with E-state index in [4.69, 9.17) is 25.8 Å². The first kappa shape index (κ1) is 22.7. The summed E-state index contributed by atoms with van der Waals surface area (Å²) in [5.74, 6) is -0.679. The molecule has 5 nitrogen and oxygen atoms in total. The molecule has 164 valence electrons. The molecule has 2 aromatic carbocycles. The average Bonchev–Trinajstić information content (AvgIpc) is 2.69. The number of Topliss-reactive ketones (excluding diaryl/α,β-unsaturated/α-hetero) is 1. The summed E-state index contributed by atoms with van der Waals surface area (Å²) in [7, 11) is 0. The first-order valence-electron chi connectivity index (χ1n) is 9.36. The normalized spacial score (nSPS) is 16.7. The van der Waals surface area contributed by atoms with E-state index in [1.54, 1.807) is 26.0 Å². The van der Waals surface area contributed by atoms with Crippen LogP contribution in [0.15, 0.2) is 48.0 Å². The number of halogens is 4. The largest absolute Gasteiger partial charge is 0.489 e. The maximum absolute atomic E-state index is 12.8. The van der Waals surface area contributed by atoms with E-state index in [0.717, 1.165) is 18.2 Å². The van der Waals surface area contributed by atoms with Crippen LogP contribution in [0.5, 0.6) is 11.5 Å². The van der Waals surface area contributed by atoms with Crippen LogP contribution in [0.25, 0.3) is 5.76 Å². The molecule has 1 unspecified atom stereocenters. The van der Waals surface area contributed by atoms with Gasteiger partial charge in [-0.3, -0.25) is 4.79 Å². The lowest BCUT2D eigenvalue weighted by atomic mass is 9.98. The van der Waals surface area contributed by atoms with Gasteiger partial charge in [-0.2, -0.15) is 13.2 Å². The monoisotopic (exact) mass is 454 g/mol. The van der Waals surface area contributed by atoms with E-state index >= 15 is 0 Å². The van der Waals surface area contributed by atoms with Crippen molar-refractivity contribution >= 4 is 29.1 Å². The Morgan fingerprint density at radius 3 is 2.45 bits per heavy atom. The summed E-state index contributed by atoms with van der Waals surface area (Å²) in [6, 6.07) is 8.95. The van der Waals surface area contributed by atoms with Gasteiger partial charge in [0.1, 0.15) is 28.9 Å². The van der Waals surface area contributed by atoms with Crippen molar-refractivity contribution in [3.63, 3.8) is 0 Å². The molecule has 0 saturated heterocycles. The van der Waals surface area contributed by atoms with Crippen LogP contribution in [0, 0.1) is 0 Å². The Hall–Kier alpha value is -3.00. The van der Waals surface area contributed by atoms with Crippen molar-refractivity contribution < 1.29 is 37.0 Å². The highest BCUT2D eigenvalue weighted by Gasteiger charge is 2.33. The average molecular weight is 455 g/mol. The molecule has 0 amide bonds. The number of ether oxygens (including phenoxy) is 3. The predicted octanol–water partition coefficient (Wildman–Crippen LogP) is 5.80. The van der Waals surface area contributed by atoms with Crippen molar-refractivity contribution in [3.8, 4) is 11.5 Å². The van der Waals surface area contributed by atoms with Crippen molar-refractivity contribution in [2.45, 2.75) is 32.5 Å². The smallest absolute Gasteiger partial charge is 0.416 e. The first-order valence-corrected chi connectivity index (χ1v) is 9.74. The van der Waals surface area contributed by atoms with Gasteiger partial charge in [0.05, 0.1) is 17.2 Å². The van der Waals surface area contributed by atoms with Crippen LogP contribution < -0.4 is 4.74 Å². The molecule has 0 aromatic heterocycles. The van der Waals surface area contributed by atoms with Crippen LogP contribution in [0.1, 0.15) is 31.4 Å². The van der Waals surface area contributed by atoms with Gasteiger partial charge in [0.2, 0.25) is 0 Å². The summed E-state index contributed by atoms with van der Waals surface area (Å²) in [5, 5.41) is -0.193. The number of carbonyl (C=O) groups excluding carboxylic acids is 2. The van der Waals surface area contributed by atoms with E-state index < -0.39 is 23.8 Å². The summed E-state index contributed by atoms with van der Waals surface area (Å²) in [6.07, 6.45) is -4.86. The van der Waals surface area contributed by atoms with Gasteiger partial charge in [-0.15, -0.1) is 0 Å². The van der Waals surface area contributed by atoms with E-state index in [2.05, 4.69) is 0 Å². The summed E-state index contributed by atoms with van der Waals surface area (Å²) in [5.41, 5.74) is -0.583. The Labute approximate surface area is 181 Å². The highest BCUT2D eigenvalue weighted by atomic mass is 35.5. The van der Waals surface area contributed by atoms with E-state index in [-0.39, 0.29) is 40.9 Å². The van der Waals surface area contributed by atoms with Crippen LogP contribution >= 0.6 is 11.6 Å². The third-order valence-electron chi connectivity index (χ3n) is 4.38. The summed E-state index contributed by atoms with van der Waals surface area (Å²) in [4.78, 5) is 24.6. The van der Waals surface area contributed by atoms with Gasteiger partial charge in [-0.05, 0) is 56.3 Å². The number of alkyl halides is 3. The van der Waals surface area contributed by atoms with Gasteiger partial charge in [0.25, 0.3) is 0 Å². The van der Waals surface area contributed by atoms with Crippen molar-refractivity contribution in [2.24, 2.45) is 0 Å². The van der Waals surface area contributed by atoms with E-state index in [0.29, 0.717) is 11.3 Å². The molecule has 0 spiro atoms. The second-order valence-electron chi connectivity index (χ2n) is 6.75. The standard InChI is InChI=1S/C22H18ClF3O5/c1-3-29-21(28)19-17(27)10-12(2)30-20(19)13-4-7-15(8-5-13)31-18-9-6-14(11-16(18)23)22(24,25)26/h4-9,11-12H,3,10H2,1-2H3. The molecule has 3 rings (SSSR count). The van der Waals surface area contributed by atoms with Crippen LogP contribution in [0.4, 0.5) is 13.2 Å². The van der Waals surface area contributed by atoms with Crippen molar-refractivity contribution in [2.75, 3.05) is 6.61 Å². The molecule has 9 heteroatoms. The second kappa shape index (κ2) is 9.01. The SMILES string of the molecule is CCOC(=O)C1=C(c2ccc(Oc3ccc(C(F)(F)F)cc3Cl)cc2)OC(C)CC1=O. The topological polar surface area (TPSA) is 61.8 Å². The summed E-state index contributed by atoms with van der Waals surface area (Å²) in [6.45, 7) is 3.45. The molecule has 0 aliphatic carbocycles. The van der Waals surface area contributed by atoms with Crippen LogP contribution in [-0.2, 0) is 25.2 Å². The summed E-state index contributed by atoms with van der Waals surface area (Å²) >= 11 is 5.91. The third kappa shape index (κ3) is 5.19. The van der Waals surface area contributed by atoms with Crippen molar-refractivity contribution in [1.82, 2.24) is 0 Å². The van der Waals surface area contributed by atoms with Crippen molar-refractivity contribution in [1.29, 1.82) is 0 Å². The molecule has 1 aliphatic rings. The maximum Gasteiger partial charge on any atom is 0.416 e. The van der Waals surface area contributed by atoms with E-state index in [1.807, 2.05) is 0 Å². The van der Waals surface area contributed by atoms with Gasteiger partial charge < -0.3 is 14.2 Å². The Balaban J connectivity index is 1.87. The Morgan fingerprint density at radius 2 is 1.87 bits per heavy atom. The molecule has 0 radical (unpaired) electrons. The predicted molar refractivity (Wildman–Crippen MR) is 107 cm³/mol. The molecular formula is C22H18ClF3O5. The minimum absolute atomic E-state index is 0.0477. The van der Waals surface area contributed by atoms with Crippen LogP contribution in [-0.4, -0.2) is 24.5 Å². The molecule has 0 saturated carbocycles. The number of esters is 1. The highest BCUT2D eigenvalue weighted by Crippen LogP contribution is 2.37. The Kier molecular flexibility index (Phi) is 6.59. The third-order valence-corrected chi connectivity index (χ3v) is 4.68. The number of carbonyl (C=O) groups is 2. The second-order valence-corrected chi connectivity index (χ2v) is 7.16. The number of hydrogen-bond donors (Lipinski definition) is 0. The van der Waals surface area contributed by atoms with Gasteiger partial charge in [-0.25, -0.2) is 4.79 Å². The fourth-order valence-corrected chi connectivity index (χ4v) is 3.19. The molecule has 31 heavy (non-hydrogen) atoms. The van der Waals surface area contributed by atoms with Gasteiger partial charge >= 0.3 is 12.1 Å². The fraction of sp³-hybridized carbons (Fsp3) is 0.273. The number of benzene rings is 2. The number of rotatable bonds is 5. The van der Waals surface area contributed by atoms with Gasteiger partial charge in [-0.1, -0.05) is 11.6 Å². The Bertz CT molecular complexity index is 1030. The number of ketones is 1. The van der Waals surface area contributed by atoms with Gasteiger partial charge in [0.15, 0.2) is 5.78 Å². The fourth-order valence-electron chi connectivity index (χ4n) is 2.97. The zero-order valence-corrected chi connectivity index (χ0v) is 17.3. The Morgan fingerprint density at radius 1 is 1.19 bits per heavy atom. The molecule has 1 atom stereocenters. The maximum atomic E-state index is 12.8.